The highest BCUT2D eigenvalue weighted by Gasteiger charge is 2.32. The molecular weight excluding hydrogens is 297 g/mol. The van der Waals surface area contributed by atoms with E-state index in [1.165, 1.54) is 6.07 Å². The first-order valence-corrected chi connectivity index (χ1v) is 6.64. The minimum absolute atomic E-state index is 0.00691. The largest absolute Gasteiger partial charge is 0.493 e. The molecule has 1 aliphatic rings. The molecular formula is C14H11F3N4O. The molecule has 1 aromatic carbocycles. The molecule has 0 amide bonds. The number of benzene rings is 1. The molecule has 0 spiro atoms. The number of halogens is 3. The molecule has 0 aliphatic heterocycles. The fraction of sp³-hybridized carbons (Fsp3) is 0.357. The van der Waals surface area contributed by atoms with Gasteiger partial charge in [-0.15, -0.1) is 5.10 Å². The number of alkyl halides is 3. The van der Waals surface area contributed by atoms with Crippen LogP contribution in [-0.2, 0) is 6.18 Å². The SMILES string of the molecule is N#Cc1[nH]nnc1-c1cc(OCC2CC2)cc(C(F)(F)F)c1. The fourth-order valence-corrected chi connectivity index (χ4v) is 1.99. The molecule has 5 nitrogen and oxygen atoms in total. The first kappa shape index (κ1) is 14.4. The Kier molecular flexibility index (Phi) is 3.48. The summed E-state index contributed by atoms with van der Waals surface area (Å²) in [7, 11) is 0. The average Bonchev–Trinajstić information content (AvgIpc) is 3.18. The summed E-state index contributed by atoms with van der Waals surface area (Å²) in [4.78, 5) is 0. The van der Waals surface area contributed by atoms with E-state index in [0.717, 1.165) is 25.0 Å². The Morgan fingerprint density at radius 1 is 1.32 bits per heavy atom. The normalized spacial score (nSPS) is 14.6. The summed E-state index contributed by atoms with van der Waals surface area (Å²) >= 11 is 0. The second-order valence-corrected chi connectivity index (χ2v) is 5.15. The van der Waals surface area contributed by atoms with Crippen LogP contribution in [0, 0.1) is 17.2 Å². The van der Waals surface area contributed by atoms with Crippen molar-refractivity contribution >= 4 is 0 Å². The molecule has 3 rings (SSSR count). The molecule has 0 unspecified atom stereocenters. The van der Waals surface area contributed by atoms with Crippen LogP contribution in [0.15, 0.2) is 18.2 Å². The Balaban J connectivity index is 2.00. The third-order valence-electron chi connectivity index (χ3n) is 3.35. The number of nitriles is 1. The maximum Gasteiger partial charge on any atom is 0.416 e. The first-order chi connectivity index (χ1) is 10.5. The van der Waals surface area contributed by atoms with Crippen molar-refractivity contribution < 1.29 is 17.9 Å². The smallest absolute Gasteiger partial charge is 0.416 e. The lowest BCUT2D eigenvalue weighted by molar-refractivity contribution is -0.137. The van der Waals surface area contributed by atoms with Crippen LogP contribution in [0.25, 0.3) is 11.3 Å². The summed E-state index contributed by atoms with van der Waals surface area (Å²) < 4.78 is 44.5. The standard InChI is InChI=1S/C14H11F3N4O/c15-14(16,17)10-3-9(13-12(6-18)19-21-20-13)4-11(5-10)22-7-8-1-2-8/h3-5,8H,1-2,7H2,(H,19,20,21). The van der Waals surface area contributed by atoms with E-state index < -0.39 is 11.7 Å². The minimum Gasteiger partial charge on any atom is -0.493 e. The van der Waals surface area contributed by atoms with Gasteiger partial charge >= 0.3 is 6.18 Å². The highest BCUT2D eigenvalue weighted by Crippen LogP contribution is 2.36. The van der Waals surface area contributed by atoms with Gasteiger partial charge in [0.2, 0.25) is 0 Å². The van der Waals surface area contributed by atoms with Crippen LogP contribution in [0.4, 0.5) is 13.2 Å². The molecule has 0 radical (unpaired) electrons. The number of rotatable bonds is 4. The van der Waals surface area contributed by atoms with E-state index in [2.05, 4.69) is 15.4 Å². The van der Waals surface area contributed by atoms with E-state index in [9.17, 15) is 13.2 Å². The van der Waals surface area contributed by atoms with E-state index in [0.29, 0.717) is 12.5 Å². The van der Waals surface area contributed by atoms with Crippen molar-refractivity contribution in [1.82, 2.24) is 15.4 Å². The Morgan fingerprint density at radius 3 is 2.73 bits per heavy atom. The van der Waals surface area contributed by atoms with Gasteiger partial charge in [0.25, 0.3) is 0 Å². The van der Waals surface area contributed by atoms with E-state index in [1.807, 2.05) is 6.07 Å². The van der Waals surface area contributed by atoms with E-state index in [1.54, 1.807) is 0 Å². The quantitative estimate of drug-likeness (QED) is 0.941. The highest BCUT2D eigenvalue weighted by atomic mass is 19.4. The molecule has 1 fully saturated rings. The zero-order valence-electron chi connectivity index (χ0n) is 11.3. The molecule has 0 bridgehead atoms. The van der Waals surface area contributed by atoms with Gasteiger partial charge in [-0.1, -0.05) is 5.21 Å². The van der Waals surface area contributed by atoms with Gasteiger partial charge in [0.1, 0.15) is 17.5 Å². The maximum absolute atomic E-state index is 13.0. The van der Waals surface area contributed by atoms with Gasteiger partial charge in [0, 0.05) is 5.56 Å². The molecule has 0 atom stereocenters. The molecule has 1 heterocycles. The Bertz CT molecular complexity index is 728. The summed E-state index contributed by atoms with van der Waals surface area (Å²) in [5.41, 5.74) is -0.619. The Labute approximate surface area is 123 Å². The number of aromatic nitrogens is 3. The zero-order valence-corrected chi connectivity index (χ0v) is 11.3. The van der Waals surface area contributed by atoms with Gasteiger partial charge in [-0.25, -0.2) is 5.10 Å². The number of nitrogens with zero attached hydrogens (tertiary/aromatic N) is 3. The lowest BCUT2D eigenvalue weighted by Gasteiger charge is -2.12. The van der Waals surface area contributed by atoms with Gasteiger partial charge in [0.05, 0.1) is 12.2 Å². The van der Waals surface area contributed by atoms with Crippen molar-refractivity contribution in [3.8, 4) is 23.1 Å². The predicted octanol–water partition coefficient (Wildman–Crippen LogP) is 3.15. The van der Waals surface area contributed by atoms with Crippen LogP contribution < -0.4 is 4.74 Å². The average molecular weight is 308 g/mol. The second kappa shape index (κ2) is 5.33. The number of H-pyrrole nitrogens is 1. The molecule has 114 valence electrons. The topological polar surface area (TPSA) is 74.6 Å². The van der Waals surface area contributed by atoms with Crippen molar-refractivity contribution in [2.75, 3.05) is 6.61 Å². The number of ether oxygens (including phenoxy) is 1. The third-order valence-corrected chi connectivity index (χ3v) is 3.35. The lowest BCUT2D eigenvalue weighted by atomic mass is 10.1. The van der Waals surface area contributed by atoms with E-state index in [4.69, 9.17) is 10.00 Å². The Morgan fingerprint density at radius 2 is 2.09 bits per heavy atom. The van der Waals surface area contributed by atoms with Crippen molar-refractivity contribution in [1.29, 1.82) is 5.26 Å². The van der Waals surface area contributed by atoms with Crippen LogP contribution in [0.3, 0.4) is 0 Å². The van der Waals surface area contributed by atoms with Crippen LogP contribution in [0.2, 0.25) is 0 Å². The highest BCUT2D eigenvalue weighted by molar-refractivity contribution is 5.67. The number of hydrogen-bond acceptors (Lipinski definition) is 4. The van der Waals surface area contributed by atoms with Crippen LogP contribution in [-0.4, -0.2) is 22.0 Å². The van der Waals surface area contributed by atoms with Crippen LogP contribution >= 0.6 is 0 Å². The van der Waals surface area contributed by atoms with Crippen molar-refractivity contribution in [3.05, 3.63) is 29.5 Å². The fourth-order valence-electron chi connectivity index (χ4n) is 1.99. The minimum atomic E-state index is -4.51. The number of nitrogens with one attached hydrogen (secondary N) is 1. The van der Waals surface area contributed by atoms with Gasteiger partial charge in [0.15, 0.2) is 5.69 Å². The first-order valence-electron chi connectivity index (χ1n) is 6.64. The van der Waals surface area contributed by atoms with Gasteiger partial charge < -0.3 is 4.74 Å². The molecule has 1 N–H and O–H groups in total. The van der Waals surface area contributed by atoms with Gasteiger partial charge in [-0.05, 0) is 37.0 Å². The van der Waals surface area contributed by atoms with Crippen molar-refractivity contribution in [3.63, 3.8) is 0 Å². The summed E-state index contributed by atoms with van der Waals surface area (Å²) in [5, 5.41) is 18.4. The van der Waals surface area contributed by atoms with E-state index >= 15 is 0 Å². The number of aromatic amines is 1. The Hall–Kier alpha value is -2.56. The summed E-state index contributed by atoms with van der Waals surface area (Å²) in [6, 6.07) is 5.14. The molecule has 0 saturated heterocycles. The second-order valence-electron chi connectivity index (χ2n) is 5.15. The summed E-state index contributed by atoms with van der Waals surface area (Å²) in [6.07, 6.45) is -2.44. The van der Waals surface area contributed by atoms with Gasteiger partial charge in [-0.3, -0.25) is 0 Å². The molecule has 22 heavy (non-hydrogen) atoms. The monoisotopic (exact) mass is 308 g/mol. The van der Waals surface area contributed by atoms with Crippen molar-refractivity contribution in [2.24, 2.45) is 5.92 Å². The maximum atomic E-state index is 13.0. The zero-order chi connectivity index (χ0) is 15.7. The third kappa shape index (κ3) is 3.03. The molecule has 2 aromatic rings. The van der Waals surface area contributed by atoms with Crippen molar-refractivity contribution in [2.45, 2.75) is 19.0 Å². The number of hydrogen-bond donors (Lipinski definition) is 1. The molecule has 1 saturated carbocycles. The molecule has 1 aliphatic carbocycles. The van der Waals surface area contributed by atoms with Gasteiger partial charge in [-0.2, -0.15) is 18.4 Å². The molecule has 8 heteroatoms. The summed E-state index contributed by atoms with van der Waals surface area (Å²) in [6.45, 7) is 0.394. The summed E-state index contributed by atoms with van der Waals surface area (Å²) in [5.74, 6) is 0.531. The lowest BCUT2D eigenvalue weighted by Crippen LogP contribution is -2.07. The molecule has 1 aromatic heterocycles. The van der Waals surface area contributed by atoms with Crippen LogP contribution in [0.5, 0.6) is 5.75 Å². The van der Waals surface area contributed by atoms with Crippen LogP contribution in [0.1, 0.15) is 24.1 Å². The van der Waals surface area contributed by atoms with E-state index in [-0.39, 0.29) is 22.7 Å². The predicted molar refractivity (Wildman–Crippen MR) is 69.8 cm³/mol.